The highest BCUT2D eigenvalue weighted by Crippen LogP contribution is 2.42. The summed E-state index contributed by atoms with van der Waals surface area (Å²) in [6.07, 6.45) is 1.38. The highest BCUT2D eigenvalue weighted by atomic mass is 16.5. The second-order valence-electron chi connectivity index (χ2n) is 8.86. The van der Waals surface area contributed by atoms with Crippen LogP contribution in [0.15, 0.2) is 66.2 Å². The van der Waals surface area contributed by atoms with Gasteiger partial charge in [0.05, 0.1) is 11.6 Å². The number of aliphatic hydroxyl groups excluding tert-OH is 1. The van der Waals surface area contributed by atoms with Crippen LogP contribution in [0.25, 0.3) is 16.5 Å². The molecule has 2 unspecified atom stereocenters. The lowest BCUT2D eigenvalue weighted by Crippen LogP contribution is -2.31. The molecule has 1 N–H and O–H groups in total. The number of amides is 1. The molecule has 2 atom stereocenters. The van der Waals surface area contributed by atoms with Gasteiger partial charge in [-0.1, -0.05) is 42.5 Å². The molecule has 0 radical (unpaired) electrons. The number of hydrogen-bond donors (Lipinski definition) is 1. The van der Waals surface area contributed by atoms with Crippen LogP contribution in [0, 0.1) is 0 Å². The van der Waals surface area contributed by atoms with Gasteiger partial charge in [0.15, 0.2) is 0 Å². The van der Waals surface area contributed by atoms with E-state index in [4.69, 9.17) is 9.47 Å². The summed E-state index contributed by atoms with van der Waals surface area (Å²) in [5.41, 5.74) is 2.42. The average molecular weight is 458 g/mol. The average Bonchev–Trinajstić information content (AvgIpc) is 3.34. The second-order valence-corrected chi connectivity index (χ2v) is 8.86. The number of likely N-dealkylation sites (tertiary alicyclic amines) is 1. The largest absolute Gasteiger partial charge is 0.507 e. The Labute approximate surface area is 198 Å². The molecule has 1 fully saturated rings. The number of ketones is 1. The van der Waals surface area contributed by atoms with E-state index in [0.29, 0.717) is 25.1 Å². The van der Waals surface area contributed by atoms with Gasteiger partial charge in [0.2, 0.25) is 0 Å². The molecule has 2 heterocycles. The molecule has 1 amide bonds. The van der Waals surface area contributed by atoms with Crippen molar-refractivity contribution in [3.8, 4) is 5.75 Å². The fraction of sp³-hybridized carbons (Fsp3) is 0.286. The Morgan fingerprint density at radius 2 is 1.91 bits per heavy atom. The number of nitrogens with zero attached hydrogens (tertiary/aromatic N) is 1. The Morgan fingerprint density at radius 3 is 2.74 bits per heavy atom. The summed E-state index contributed by atoms with van der Waals surface area (Å²) < 4.78 is 11.0. The van der Waals surface area contributed by atoms with Crippen LogP contribution in [0.4, 0.5) is 0 Å². The first-order valence-corrected chi connectivity index (χ1v) is 11.5. The minimum absolute atomic E-state index is 0.0643. The minimum atomic E-state index is -0.689. The maximum Gasteiger partial charge on any atom is 0.295 e. The van der Waals surface area contributed by atoms with Gasteiger partial charge in [0, 0.05) is 32.2 Å². The predicted octanol–water partition coefficient (Wildman–Crippen LogP) is 4.62. The van der Waals surface area contributed by atoms with Crippen LogP contribution in [0.2, 0.25) is 0 Å². The van der Waals surface area contributed by atoms with Crippen molar-refractivity contribution in [1.82, 2.24) is 4.90 Å². The Morgan fingerprint density at radius 1 is 1.12 bits per heavy atom. The van der Waals surface area contributed by atoms with E-state index in [2.05, 4.69) is 0 Å². The number of carbonyl (C=O) groups excluding carboxylic acids is 2. The third-order valence-corrected chi connectivity index (χ3v) is 6.57. The zero-order valence-electron chi connectivity index (χ0n) is 19.3. The molecule has 3 aromatic carbocycles. The molecule has 5 rings (SSSR count). The predicted molar refractivity (Wildman–Crippen MR) is 130 cm³/mol. The van der Waals surface area contributed by atoms with Crippen molar-refractivity contribution in [2.75, 3.05) is 20.3 Å². The maximum absolute atomic E-state index is 13.3. The molecular formula is C28H27NO5. The van der Waals surface area contributed by atoms with E-state index in [1.54, 1.807) is 18.1 Å². The molecule has 0 aromatic heterocycles. The highest BCUT2D eigenvalue weighted by molar-refractivity contribution is 6.46. The van der Waals surface area contributed by atoms with E-state index >= 15 is 0 Å². The van der Waals surface area contributed by atoms with Crippen LogP contribution in [-0.2, 0) is 20.7 Å². The molecule has 0 aliphatic carbocycles. The van der Waals surface area contributed by atoms with Gasteiger partial charge in [0.1, 0.15) is 17.6 Å². The molecule has 0 spiro atoms. The number of hydrogen-bond acceptors (Lipinski definition) is 5. The third-order valence-electron chi connectivity index (χ3n) is 6.57. The molecule has 0 bridgehead atoms. The third kappa shape index (κ3) is 3.74. The first-order valence-electron chi connectivity index (χ1n) is 11.5. The number of carbonyl (C=O) groups is 2. The van der Waals surface area contributed by atoms with Gasteiger partial charge in [0.25, 0.3) is 11.7 Å². The van der Waals surface area contributed by atoms with Crippen molar-refractivity contribution in [1.29, 1.82) is 0 Å². The fourth-order valence-electron chi connectivity index (χ4n) is 5.03. The van der Waals surface area contributed by atoms with Crippen molar-refractivity contribution in [3.05, 3.63) is 82.9 Å². The molecule has 6 heteroatoms. The molecule has 2 aliphatic rings. The number of ether oxygens (including phenoxy) is 2. The summed E-state index contributed by atoms with van der Waals surface area (Å²) in [4.78, 5) is 28.0. The summed E-state index contributed by atoms with van der Waals surface area (Å²) in [6.45, 7) is 2.80. The SMILES string of the molecule is COCCCN1C(=O)C(=O)/C(=C(\O)c2ccc3c(c2)CC(C)O3)C1c1cccc2ccccc12. The first kappa shape index (κ1) is 22.2. The Bertz CT molecular complexity index is 1310. The number of methoxy groups -OCH3 is 1. The lowest BCUT2D eigenvalue weighted by atomic mass is 9.91. The lowest BCUT2D eigenvalue weighted by molar-refractivity contribution is -0.140. The molecule has 6 nitrogen and oxygen atoms in total. The fourth-order valence-corrected chi connectivity index (χ4v) is 5.03. The quantitative estimate of drug-likeness (QED) is 0.253. The molecule has 174 valence electrons. The summed E-state index contributed by atoms with van der Waals surface area (Å²) in [5, 5.41) is 13.4. The smallest absolute Gasteiger partial charge is 0.295 e. The second kappa shape index (κ2) is 8.95. The molecule has 1 saturated heterocycles. The van der Waals surface area contributed by atoms with Crippen LogP contribution in [0.1, 0.15) is 36.1 Å². The zero-order valence-corrected chi connectivity index (χ0v) is 19.3. The standard InChI is InChI=1S/C28H27NO5/c1-17-15-20-16-19(11-12-23(20)34-17)26(30)24-25(29(13-6-14-33-2)28(32)27(24)31)22-10-5-8-18-7-3-4-9-21(18)22/h3-5,7-12,16-17,25,30H,6,13-15H2,1-2H3/b26-24-. The summed E-state index contributed by atoms with van der Waals surface area (Å²) in [7, 11) is 1.61. The molecule has 2 aliphatic heterocycles. The number of Topliss-reactive ketones (excluding diaryl/α,β-unsaturated/α-hetero) is 1. The van der Waals surface area contributed by atoms with Crippen LogP contribution in [-0.4, -0.2) is 48.1 Å². The number of rotatable bonds is 6. The van der Waals surface area contributed by atoms with Gasteiger partial charge in [-0.25, -0.2) is 0 Å². The molecule has 0 saturated carbocycles. The van der Waals surface area contributed by atoms with E-state index in [1.165, 1.54) is 0 Å². The van der Waals surface area contributed by atoms with E-state index in [1.807, 2.05) is 61.5 Å². The van der Waals surface area contributed by atoms with Crippen LogP contribution >= 0.6 is 0 Å². The van der Waals surface area contributed by atoms with E-state index in [9.17, 15) is 14.7 Å². The lowest BCUT2D eigenvalue weighted by Gasteiger charge is -2.26. The van der Waals surface area contributed by atoms with Crippen molar-refractivity contribution in [3.63, 3.8) is 0 Å². The monoisotopic (exact) mass is 457 g/mol. The maximum atomic E-state index is 13.3. The molecular weight excluding hydrogens is 430 g/mol. The number of aliphatic hydroxyl groups is 1. The zero-order chi connectivity index (χ0) is 23.8. The Kier molecular flexibility index (Phi) is 5.84. The van der Waals surface area contributed by atoms with Crippen molar-refractivity contribution < 1.29 is 24.2 Å². The van der Waals surface area contributed by atoms with Gasteiger partial charge < -0.3 is 19.5 Å². The van der Waals surface area contributed by atoms with E-state index in [-0.39, 0.29) is 17.4 Å². The molecule has 34 heavy (non-hydrogen) atoms. The Hall–Kier alpha value is -3.64. The first-order chi connectivity index (χ1) is 16.5. The summed E-state index contributed by atoms with van der Waals surface area (Å²) in [5.74, 6) is -0.644. The van der Waals surface area contributed by atoms with E-state index < -0.39 is 17.7 Å². The van der Waals surface area contributed by atoms with E-state index in [0.717, 1.165) is 34.1 Å². The van der Waals surface area contributed by atoms with Crippen LogP contribution in [0.5, 0.6) is 5.75 Å². The number of fused-ring (bicyclic) bond motifs is 2. The highest BCUT2D eigenvalue weighted by Gasteiger charge is 2.46. The van der Waals surface area contributed by atoms with Gasteiger partial charge in [-0.3, -0.25) is 9.59 Å². The van der Waals surface area contributed by atoms with Gasteiger partial charge >= 0.3 is 0 Å². The van der Waals surface area contributed by atoms with Crippen molar-refractivity contribution in [2.24, 2.45) is 0 Å². The van der Waals surface area contributed by atoms with Crippen molar-refractivity contribution in [2.45, 2.75) is 31.9 Å². The minimum Gasteiger partial charge on any atom is -0.507 e. The Balaban J connectivity index is 1.67. The van der Waals surface area contributed by atoms with Crippen molar-refractivity contribution >= 4 is 28.2 Å². The van der Waals surface area contributed by atoms with Crippen LogP contribution < -0.4 is 4.74 Å². The topological polar surface area (TPSA) is 76.1 Å². The van der Waals surface area contributed by atoms with Gasteiger partial charge in [-0.15, -0.1) is 0 Å². The number of benzene rings is 3. The summed E-state index contributed by atoms with van der Waals surface area (Å²) in [6, 6.07) is 18.4. The van der Waals surface area contributed by atoms with Gasteiger partial charge in [-0.2, -0.15) is 0 Å². The molecule has 3 aromatic rings. The normalized spacial score (nSPS) is 21.2. The summed E-state index contributed by atoms with van der Waals surface area (Å²) >= 11 is 0. The van der Waals surface area contributed by atoms with Gasteiger partial charge in [-0.05, 0) is 53.4 Å². The van der Waals surface area contributed by atoms with Crippen LogP contribution in [0.3, 0.4) is 0 Å².